The topological polar surface area (TPSA) is 88.0 Å². The van der Waals surface area contributed by atoms with Crippen LogP contribution in [0.25, 0.3) is 0 Å². The maximum Gasteiger partial charge on any atom is 0.309 e. The molecular weight excluding hydrogens is 716 g/mol. The number of alkyl halides is 1. The van der Waals surface area contributed by atoms with Gasteiger partial charge in [-0.25, -0.2) is 0 Å². The summed E-state index contributed by atoms with van der Waals surface area (Å²) in [5.41, 5.74) is 5.84. The molecule has 0 amide bonds. The SMILES string of the molecule is CN=C(CC(C)NCC1=CCC(Cl)C=C1)CC12CCC(C(C)C)=C1C1(C)CCC3C4(C)CCC(OC(=O)CC(C)(C)C(=O)O)C(C)(C)C4CCC3(C)C1(C)CC2. The molecule has 0 radical (unpaired) electrons. The molecule has 0 aliphatic heterocycles. The smallest absolute Gasteiger partial charge is 0.309 e. The summed E-state index contributed by atoms with van der Waals surface area (Å²) < 4.78 is 6.24. The third-order valence-corrected chi connectivity index (χ3v) is 18.4. The Hall–Kier alpha value is -1.92. The molecule has 2 N–H and O–H groups in total. The number of aliphatic carboxylic acids is 1. The molecule has 0 saturated heterocycles. The minimum atomic E-state index is -1.14. The van der Waals surface area contributed by atoms with Crippen molar-refractivity contribution in [2.75, 3.05) is 13.6 Å². The van der Waals surface area contributed by atoms with Crippen LogP contribution in [-0.2, 0) is 14.3 Å². The molecule has 4 fully saturated rings. The first-order chi connectivity index (χ1) is 26.0. The van der Waals surface area contributed by atoms with Gasteiger partial charge in [0.2, 0.25) is 0 Å². The number of nitrogens with one attached hydrogen (secondary N) is 1. The second-order valence-electron chi connectivity index (χ2n) is 22.2. The van der Waals surface area contributed by atoms with Crippen LogP contribution in [0.5, 0.6) is 0 Å². The van der Waals surface area contributed by atoms with E-state index in [0.29, 0.717) is 23.8 Å². The van der Waals surface area contributed by atoms with Gasteiger partial charge in [-0.3, -0.25) is 14.6 Å². The molecule has 4 saturated carbocycles. The second kappa shape index (κ2) is 15.3. The van der Waals surface area contributed by atoms with Crippen molar-refractivity contribution in [3.05, 3.63) is 34.9 Å². The van der Waals surface area contributed by atoms with Crippen molar-refractivity contribution in [3.63, 3.8) is 0 Å². The minimum Gasteiger partial charge on any atom is -0.481 e. The average molecular weight is 794 g/mol. The van der Waals surface area contributed by atoms with Gasteiger partial charge in [0, 0.05) is 37.2 Å². The predicted octanol–water partition coefficient (Wildman–Crippen LogP) is 11.9. The summed E-state index contributed by atoms with van der Waals surface area (Å²) in [5.74, 6) is 0.267. The lowest BCUT2D eigenvalue weighted by atomic mass is 9.30. The van der Waals surface area contributed by atoms with E-state index in [1.807, 2.05) is 12.6 Å². The van der Waals surface area contributed by atoms with Crippen molar-refractivity contribution in [1.82, 2.24) is 5.32 Å². The third kappa shape index (κ3) is 7.13. The molecule has 0 aromatic carbocycles. The van der Waals surface area contributed by atoms with Crippen molar-refractivity contribution in [3.8, 4) is 0 Å². The van der Waals surface area contributed by atoms with Crippen LogP contribution in [0.1, 0.15) is 166 Å². The zero-order valence-corrected chi connectivity index (χ0v) is 38.1. The fraction of sp³-hybridized carbons (Fsp3) is 0.816. The number of aliphatic imine (C=N–C) groups is 1. The van der Waals surface area contributed by atoms with Crippen LogP contribution in [0, 0.1) is 55.7 Å². The van der Waals surface area contributed by atoms with Gasteiger partial charge >= 0.3 is 11.9 Å². The standard InChI is InChI=1S/C49H77ClN2O4/c1-31(2)36-17-24-49(28-35(51-12)27-32(3)52-30-33-13-15-34(50)16-14-33)26-25-48(11)46(9)22-18-37-44(6,7)39(56-40(53)29-43(4,5)42(54)55)20-21-45(37,8)38(46)19-23-47(48,10)41(36)49/h13-15,31-32,34,37-39,52H,16-30H2,1-12H3,(H,54,55). The Morgan fingerprint density at radius 3 is 2.30 bits per heavy atom. The Balaban J connectivity index is 1.24. The van der Waals surface area contributed by atoms with Crippen LogP contribution < -0.4 is 5.32 Å². The van der Waals surface area contributed by atoms with E-state index in [4.69, 9.17) is 21.3 Å². The number of ether oxygens (including phenoxy) is 1. The number of halogens is 1. The van der Waals surface area contributed by atoms with Gasteiger partial charge in [0.25, 0.3) is 0 Å². The van der Waals surface area contributed by atoms with E-state index < -0.39 is 11.4 Å². The number of carboxylic acids is 1. The van der Waals surface area contributed by atoms with E-state index in [2.05, 4.69) is 85.9 Å². The first-order valence-corrected chi connectivity index (χ1v) is 22.8. The van der Waals surface area contributed by atoms with Crippen molar-refractivity contribution in [2.24, 2.45) is 60.7 Å². The molecule has 6 aliphatic rings. The number of carbonyl (C=O) groups is 2. The molecule has 10 unspecified atom stereocenters. The van der Waals surface area contributed by atoms with Gasteiger partial charge in [-0.15, -0.1) is 11.6 Å². The van der Waals surface area contributed by atoms with Gasteiger partial charge in [0.1, 0.15) is 6.10 Å². The molecular formula is C49H77ClN2O4. The number of carboxylic acid groups (broad SMARTS) is 1. The summed E-state index contributed by atoms with van der Waals surface area (Å²) in [7, 11) is 2.03. The molecule has 6 nitrogen and oxygen atoms in total. The van der Waals surface area contributed by atoms with E-state index in [-0.39, 0.29) is 56.4 Å². The number of esters is 1. The van der Waals surface area contributed by atoms with Gasteiger partial charge in [0.05, 0.1) is 17.2 Å². The molecule has 56 heavy (non-hydrogen) atoms. The lowest BCUT2D eigenvalue weighted by Gasteiger charge is -2.75. The lowest BCUT2D eigenvalue weighted by molar-refractivity contribution is -0.249. The highest BCUT2D eigenvalue weighted by atomic mass is 35.5. The van der Waals surface area contributed by atoms with Crippen molar-refractivity contribution < 1.29 is 19.4 Å². The third-order valence-electron chi connectivity index (χ3n) is 18.1. The quantitative estimate of drug-likeness (QED) is 0.0889. The first-order valence-electron chi connectivity index (χ1n) is 22.4. The minimum absolute atomic E-state index is 0.0995. The number of hydrogen-bond acceptors (Lipinski definition) is 5. The van der Waals surface area contributed by atoms with Crippen LogP contribution in [0.15, 0.2) is 39.9 Å². The molecule has 6 aliphatic carbocycles. The van der Waals surface area contributed by atoms with Crippen molar-refractivity contribution in [1.29, 1.82) is 0 Å². The van der Waals surface area contributed by atoms with Gasteiger partial charge in [-0.2, -0.15) is 0 Å². The molecule has 7 heteroatoms. The van der Waals surface area contributed by atoms with Crippen LogP contribution in [0.3, 0.4) is 0 Å². The van der Waals surface area contributed by atoms with Crippen molar-refractivity contribution >= 4 is 29.3 Å². The van der Waals surface area contributed by atoms with E-state index in [1.165, 1.54) is 56.2 Å². The largest absolute Gasteiger partial charge is 0.481 e. The fourth-order valence-corrected chi connectivity index (χ4v) is 14.8. The molecule has 0 aromatic rings. The van der Waals surface area contributed by atoms with E-state index >= 15 is 0 Å². The zero-order valence-electron chi connectivity index (χ0n) is 37.3. The molecule has 10 atom stereocenters. The summed E-state index contributed by atoms with van der Waals surface area (Å²) in [5, 5.41) is 13.6. The summed E-state index contributed by atoms with van der Waals surface area (Å²) in [6.07, 6.45) is 21.0. The lowest BCUT2D eigenvalue weighted by Crippen LogP contribution is -2.68. The number of carbonyl (C=O) groups excluding carboxylic acids is 1. The van der Waals surface area contributed by atoms with Crippen LogP contribution >= 0.6 is 11.6 Å². The predicted molar refractivity (Wildman–Crippen MR) is 231 cm³/mol. The first kappa shape index (κ1) is 43.7. The maximum atomic E-state index is 13.2. The van der Waals surface area contributed by atoms with Crippen molar-refractivity contribution in [2.45, 2.75) is 184 Å². The maximum absolute atomic E-state index is 13.2. The van der Waals surface area contributed by atoms with Gasteiger partial charge in [-0.1, -0.05) is 84.8 Å². The average Bonchev–Trinajstić information content (AvgIpc) is 3.50. The highest BCUT2D eigenvalue weighted by Crippen LogP contribution is 2.80. The molecule has 0 aromatic heterocycles. The zero-order chi connectivity index (χ0) is 41.3. The van der Waals surface area contributed by atoms with E-state index in [9.17, 15) is 14.7 Å². The van der Waals surface area contributed by atoms with Gasteiger partial charge in [-0.05, 0) is 148 Å². The number of rotatable bonds is 12. The monoisotopic (exact) mass is 793 g/mol. The Labute approximate surface area is 345 Å². The highest BCUT2D eigenvalue weighted by molar-refractivity contribution is 6.22. The summed E-state index contributed by atoms with van der Waals surface area (Å²) in [6.45, 7) is 26.7. The van der Waals surface area contributed by atoms with E-state index in [1.54, 1.807) is 19.4 Å². The fourth-order valence-electron chi connectivity index (χ4n) is 14.6. The van der Waals surface area contributed by atoms with Gasteiger partial charge < -0.3 is 15.2 Å². The molecule has 314 valence electrons. The number of nitrogens with zero attached hydrogens (tertiary/aromatic N) is 1. The second-order valence-corrected chi connectivity index (χ2v) is 22.7. The number of allylic oxidation sites excluding steroid dienone is 4. The Bertz CT molecular complexity index is 1670. The van der Waals surface area contributed by atoms with E-state index in [0.717, 1.165) is 45.1 Å². The highest BCUT2D eigenvalue weighted by Gasteiger charge is 2.73. The summed E-state index contributed by atoms with van der Waals surface area (Å²) >= 11 is 6.29. The molecule has 0 spiro atoms. The number of hydrogen-bond donors (Lipinski definition) is 2. The Kier molecular flexibility index (Phi) is 11.9. The van der Waals surface area contributed by atoms with Crippen LogP contribution in [0.4, 0.5) is 0 Å². The number of fused-ring (bicyclic) bond motifs is 7. The van der Waals surface area contributed by atoms with Crippen LogP contribution in [-0.4, -0.2) is 53.9 Å². The normalized spacial score (nSPS) is 40.0. The Morgan fingerprint density at radius 1 is 0.982 bits per heavy atom. The summed E-state index contributed by atoms with van der Waals surface area (Å²) in [4.78, 5) is 30.0. The summed E-state index contributed by atoms with van der Waals surface area (Å²) in [6, 6.07) is 0.348. The van der Waals surface area contributed by atoms with Gasteiger partial charge in [0.15, 0.2) is 0 Å². The molecule has 6 rings (SSSR count). The Morgan fingerprint density at radius 2 is 1.68 bits per heavy atom. The molecule has 0 bridgehead atoms. The molecule has 0 heterocycles. The van der Waals surface area contributed by atoms with Crippen LogP contribution in [0.2, 0.25) is 0 Å².